The van der Waals surface area contributed by atoms with Gasteiger partial charge in [0.1, 0.15) is 5.82 Å². The molecule has 0 aliphatic rings. The summed E-state index contributed by atoms with van der Waals surface area (Å²) in [4.78, 5) is -0.0839. The van der Waals surface area contributed by atoms with Crippen LogP contribution in [0.1, 0.15) is 13.3 Å². The Labute approximate surface area is 94.7 Å². The van der Waals surface area contributed by atoms with Gasteiger partial charge in [-0.15, -0.1) is 0 Å². The maximum Gasteiger partial charge on any atom is 0.240 e. The van der Waals surface area contributed by atoms with Crippen LogP contribution in [0.2, 0.25) is 0 Å². The average molecular weight is 246 g/mol. The van der Waals surface area contributed by atoms with E-state index in [4.69, 9.17) is 5.73 Å². The number of nitrogens with two attached hydrogens (primary N) is 1. The molecule has 1 unspecified atom stereocenters. The number of halogens is 1. The maximum absolute atomic E-state index is 12.9. The molecule has 4 nitrogen and oxygen atoms in total. The van der Waals surface area contributed by atoms with E-state index < -0.39 is 15.8 Å². The number of benzene rings is 1. The van der Waals surface area contributed by atoms with Crippen LogP contribution in [0.5, 0.6) is 0 Å². The molecule has 0 aromatic heterocycles. The Balaban J connectivity index is 2.94. The minimum absolute atomic E-state index is 0.0839. The van der Waals surface area contributed by atoms with Crippen molar-refractivity contribution in [3.05, 3.63) is 30.1 Å². The highest BCUT2D eigenvalue weighted by atomic mass is 32.2. The highest BCUT2D eigenvalue weighted by molar-refractivity contribution is 7.89. The zero-order valence-electron chi connectivity index (χ0n) is 8.98. The summed E-state index contributed by atoms with van der Waals surface area (Å²) in [7, 11) is -3.68. The van der Waals surface area contributed by atoms with Crippen LogP contribution in [-0.4, -0.2) is 21.0 Å². The van der Waals surface area contributed by atoms with Crippen molar-refractivity contribution in [3.8, 4) is 0 Å². The predicted octanol–water partition coefficient (Wildman–Crippen LogP) is 0.841. The molecule has 1 aromatic rings. The molecule has 1 atom stereocenters. The fourth-order valence-electron chi connectivity index (χ4n) is 1.22. The third-order valence-electron chi connectivity index (χ3n) is 2.21. The normalized spacial score (nSPS) is 13.7. The molecule has 90 valence electrons. The Morgan fingerprint density at radius 3 is 2.69 bits per heavy atom. The lowest BCUT2D eigenvalue weighted by Crippen LogP contribution is -2.39. The van der Waals surface area contributed by atoms with Crippen LogP contribution in [0.15, 0.2) is 29.2 Å². The summed E-state index contributed by atoms with van der Waals surface area (Å²) in [5, 5.41) is 0. The summed E-state index contributed by atoms with van der Waals surface area (Å²) in [5.74, 6) is -0.580. The summed E-state index contributed by atoms with van der Waals surface area (Å²) in [5.41, 5.74) is 5.40. The van der Waals surface area contributed by atoms with Gasteiger partial charge in [-0.3, -0.25) is 0 Å². The molecule has 16 heavy (non-hydrogen) atoms. The monoisotopic (exact) mass is 246 g/mol. The van der Waals surface area contributed by atoms with Gasteiger partial charge in [-0.25, -0.2) is 17.5 Å². The van der Waals surface area contributed by atoms with Gasteiger partial charge in [0.15, 0.2) is 0 Å². The van der Waals surface area contributed by atoms with Gasteiger partial charge in [-0.2, -0.15) is 0 Å². The first-order chi connectivity index (χ1) is 7.49. The molecule has 0 radical (unpaired) electrons. The first-order valence-electron chi connectivity index (χ1n) is 4.97. The standard InChI is InChI=1S/C10H15FN2O2S/c1-2-9(7-12)13-16(14,15)10-5-3-4-8(11)6-10/h3-6,9,13H,2,7,12H2,1H3. The first-order valence-corrected chi connectivity index (χ1v) is 6.46. The summed E-state index contributed by atoms with van der Waals surface area (Å²) in [6, 6.07) is 4.54. The summed E-state index contributed by atoms with van der Waals surface area (Å²) in [6.45, 7) is 2.04. The third-order valence-corrected chi connectivity index (χ3v) is 3.72. The van der Waals surface area contributed by atoms with E-state index in [1.165, 1.54) is 18.2 Å². The van der Waals surface area contributed by atoms with Gasteiger partial charge in [0.25, 0.3) is 0 Å². The molecule has 0 spiro atoms. The third kappa shape index (κ3) is 3.26. The second-order valence-corrected chi connectivity index (χ2v) is 5.13. The van der Waals surface area contributed by atoms with Gasteiger partial charge in [0.2, 0.25) is 10.0 Å². The largest absolute Gasteiger partial charge is 0.329 e. The maximum atomic E-state index is 12.9. The summed E-state index contributed by atoms with van der Waals surface area (Å²) < 4.78 is 38.9. The lowest BCUT2D eigenvalue weighted by Gasteiger charge is -2.14. The number of nitrogens with one attached hydrogen (secondary N) is 1. The molecule has 0 heterocycles. The molecule has 0 saturated heterocycles. The van der Waals surface area contributed by atoms with Gasteiger partial charge < -0.3 is 5.73 Å². The number of hydrogen-bond acceptors (Lipinski definition) is 3. The van der Waals surface area contributed by atoms with Crippen molar-refractivity contribution >= 4 is 10.0 Å². The Morgan fingerprint density at radius 1 is 1.50 bits per heavy atom. The quantitative estimate of drug-likeness (QED) is 0.808. The molecule has 6 heteroatoms. The van der Waals surface area contributed by atoms with E-state index in [0.29, 0.717) is 6.42 Å². The molecule has 3 N–H and O–H groups in total. The van der Waals surface area contributed by atoms with Crippen molar-refractivity contribution in [2.45, 2.75) is 24.3 Å². The molecule has 0 amide bonds. The van der Waals surface area contributed by atoms with Crippen LogP contribution in [0.4, 0.5) is 4.39 Å². The lowest BCUT2D eigenvalue weighted by molar-refractivity contribution is 0.541. The van der Waals surface area contributed by atoms with Crippen molar-refractivity contribution in [3.63, 3.8) is 0 Å². The topological polar surface area (TPSA) is 72.2 Å². The highest BCUT2D eigenvalue weighted by Gasteiger charge is 2.18. The highest BCUT2D eigenvalue weighted by Crippen LogP contribution is 2.11. The van der Waals surface area contributed by atoms with Crippen molar-refractivity contribution < 1.29 is 12.8 Å². The number of hydrogen-bond donors (Lipinski definition) is 2. The molecule has 1 aromatic carbocycles. The molecular formula is C10H15FN2O2S. The van der Waals surface area contributed by atoms with E-state index in [2.05, 4.69) is 4.72 Å². The van der Waals surface area contributed by atoms with Gasteiger partial charge in [0.05, 0.1) is 4.90 Å². The van der Waals surface area contributed by atoms with Gasteiger partial charge in [-0.1, -0.05) is 13.0 Å². The summed E-state index contributed by atoms with van der Waals surface area (Å²) >= 11 is 0. The van der Waals surface area contributed by atoms with Crippen molar-refractivity contribution in [2.24, 2.45) is 5.73 Å². The van der Waals surface area contributed by atoms with E-state index >= 15 is 0 Å². The van der Waals surface area contributed by atoms with E-state index in [-0.39, 0.29) is 17.5 Å². The zero-order chi connectivity index (χ0) is 12.2. The van der Waals surface area contributed by atoms with Crippen LogP contribution >= 0.6 is 0 Å². The Kier molecular flexibility index (Phi) is 4.40. The fraction of sp³-hybridized carbons (Fsp3) is 0.400. The van der Waals surface area contributed by atoms with Crippen molar-refractivity contribution in [2.75, 3.05) is 6.54 Å². The van der Waals surface area contributed by atoms with Crippen molar-refractivity contribution in [1.82, 2.24) is 4.72 Å². The van der Waals surface area contributed by atoms with E-state index in [1.807, 2.05) is 6.92 Å². The van der Waals surface area contributed by atoms with E-state index in [0.717, 1.165) is 6.07 Å². The fourth-order valence-corrected chi connectivity index (χ4v) is 2.58. The molecule has 0 fully saturated rings. The Hall–Kier alpha value is -0.980. The van der Waals surface area contributed by atoms with Gasteiger partial charge in [-0.05, 0) is 24.6 Å². The Morgan fingerprint density at radius 2 is 2.19 bits per heavy atom. The van der Waals surface area contributed by atoms with Crippen LogP contribution in [0, 0.1) is 5.82 Å². The van der Waals surface area contributed by atoms with Gasteiger partial charge >= 0.3 is 0 Å². The molecule has 1 rings (SSSR count). The summed E-state index contributed by atoms with van der Waals surface area (Å²) in [6.07, 6.45) is 0.588. The second-order valence-electron chi connectivity index (χ2n) is 3.42. The van der Waals surface area contributed by atoms with Crippen molar-refractivity contribution in [1.29, 1.82) is 0 Å². The second kappa shape index (κ2) is 5.38. The molecule has 0 aliphatic heterocycles. The smallest absolute Gasteiger partial charge is 0.240 e. The molecule has 0 aliphatic carbocycles. The average Bonchev–Trinajstić information content (AvgIpc) is 2.26. The first kappa shape index (κ1) is 13.1. The van der Waals surface area contributed by atoms with E-state index in [9.17, 15) is 12.8 Å². The lowest BCUT2D eigenvalue weighted by atomic mass is 10.2. The number of rotatable bonds is 5. The minimum Gasteiger partial charge on any atom is -0.329 e. The van der Waals surface area contributed by atoms with Crippen LogP contribution < -0.4 is 10.5 Å². The van der Waals surface area contributed by atoms with E-state index in [1.54, 1.807) is 0 Å². The van der Waals surface area contributed by atoms with Crippen LogP contribution in [0.25, 0.3) is 0 Å². The zero-order valence-corrected chi connectivity index (χ0v) is 9.80. The Bertz CT molecular complexity index is 444. The molecular weight excluding hydrogens is 231 g/mol. The SMILES string of the molecule is CCC(CN)NS(=O)(=O)c1cccc(F)c1. The predicted molar refractivity (Wildman–Crippen MR) is 59.9 cm³/mol. The van der Waals surface area contributed by atoms with Crippen LogP contribution in [0.3, 0.4) is 0 Å². The molecule has 0 saturated carbocycles. The minimum atomic E-state index is -3.68. The molecule has 0 bridgehead atoms. The van der Waals surface area contributed by atoms with Gasteiger partial charge in [0, 0.05) is 12.6 Å². The number of sulfonamides is 1. The van der Waals surface area contributed by atoms with Crippen LogP contribution in [-0.2, 0) is 10.0 Å².